The molecule has 5 nitrogen and oxygen atoms in total. The molecule has 192 valence electrons. The molecule has 3 aliphatic rings. The van der Waals surface area contributed by atoms with E-state index in [0.717, 1.165) is 0 Å². The molecular formula is C23H17F7N2O3S. The number of hydrogen-bond donors (Lipinski definition) is 0. The Bertz CT molecular complexity index is 1260. The molecule has 0 aromatic heterocycles. The summed E-state index contributed by atoms with van der Waals surface area (Å²) in [6.45, 7) is -0.394. The van der Waals surface area contributed by atoms with Crippen LogP contribution in [0.2, 0.25) is 0 Å². The second kappa shape index (κ2) is 8.29. The van der Waals surface area contributed by atoms with Crippen LogP contribution < -0.4 is 0 Å². The standard InChI is InChI=1S/C23H17F7N2O3S/c24-16-5-15(6-17(25)19(16)26)22(23(28,29)30)7-18(31-35-22)12-1-3-14(4-2-12)21(27)10-32(11-21)20(33)13-8-36(34)9-13/h1-6,13H,7-11H2. The summed E-state index contributed by atoms with van der Waals surface area (Å²) in [7, 11) is -1.01. The zero-order valence-electron chi connectivity index (χ0n) is 18.3. The van der Waals surface area contributed by atoms with Crippen LogP contribution in [0.3, 0.4) is 0 Å². The molecule has 1 amide bonds. The van der Waals surface area contributed by atoms with Crippen molar-refractivity contribution in [3.8, 4) is 0 Å². The van der Waals surface area contributed by atoms with Gasteiger partial charge in [-0.05, 0) is 23.3 Å². The molecule has 2 aromatic rings. The van der Waals surface area contributed by atoms with Crippen LogP contribution in [0.1, 0.15) is 23.1 Å². The molecule has 2 fully saturated rings. The van der Waals surface area contributed by atoms with Crippen LogP contribution in [0.25, 0.3) is 0 Å². The van der Waals surface area contributed by atoms with Crippen LogP contribution in [-0.4, -0.2) is 51.5 Å². The van der Waals surface area contributed by atoms with Gasteiger partial charge in [0.25, 0.3) is 5.60 Å². The van der Waals surface area contributed by atoms with Gasteiger partial charge in [-0.25, -0.2) is 17.6 Å². The van der Waals surface area contributed by atoms with Gasteiger partial charge >= 0.3 is 6.18 Å². The first kappa shape index (κ1) is 24.7. The molecule has 36 heavy (non-hydrogen) atoms. The van der Waals surface area contributed by atoms with Gasteiger partial charge in [0.05, 0.1) is 24.7 Å². The topological polar surface area (TPSA) is 59.0 Å². The minimum Gasteiger partial charge on any atom is -0.374 e. The van der Waals surface area contributed by atoms with Crippen molar-refractivity contribution < 1.29 is 44.6 Å². The van der Waals surface area contributed by atoms with Crippen molar-refractivity contribution in [2.75, 3.05) is 24.6 Å². The molecule has 3 aliphatic heterocycles. The summed E-state index contributed by atoms with van der Waals surface area (Å²) < 4.78 is 109. The zero-order chi connectivity index (χ0) is 26.0. The molecule has 0 saturated carbocycles. The number of halogens is 7. The first-order valence-corrected chi connectivity index (χ1v) is 12.2. The fourth-order valence-electron chi connectivity index (χ4n) is 4.51. The first-order chi connectivity index (χ1) is 16.8. The fraction of sp³-hybridized carbons (Fsp3) is 0.391. The molecule has 0 radical (unpaired) electrons. The number of amides is 1. The highest BCUT2D eigenvalue weighted by Gasteiger charge is 2.62. The molecule has 1 atom stereocenters. The Labute approximate surface area is 202 Å². The summed E-state index contributed by atoms with van der Waals surface area (Å²) in [5.41, 5.74) is -5.92. The molecular weight excluding hydrogens is 517 g/mol. The lowest BCUT2D eigenvalue weighted by Gasteiger charge is -2.46. The van der Waals surface area contributed by atoms with Crippen LogP contribution in [-0.2, 0) is 31.7 Å². The number of benzene rings is 2. The van der Waals surface area contributed by atoms with Crippen molar-refractivity contribution >= 4 is 22.4 Å². The third kappa shape index (κ3) is 3.87. The maximum atomic E-state index is 15.3. The van der Waals surface area contributed by atoms with Gasteiger partial charge in [-0.3, -0.25) is 9.00 Å². The van der Waals surface area contributed by atoms with Crippen molar-refractivity contribution in [1.82, 2.24) is 4.90 Å². The third-order valence-corrected chi connectivity index (χ3v) is 8.24. The lowest BCUT2D eigenvalue weighted by Crippen LogP contribution is -2.62. The van der Waals surface area contributed by atoms with E-state index in [9.17, 15) is 35.3 Å². The molecule has 5 rings (SSSR count). The predicted octanol–water partition coefficient (Wildman–Crippen LogP) is 4.07. The van der Waals surface area contributed by atoms with Crippen molar-refractivity contribution in [3.05, 3.63) is 70.5 Å². The van der Waals surface area contributed by atoms with Gasteiger partial charge in [-0.15, -0.1) is 0 Å². The van der Waals surface area contributed by atoms with Crippen LogP contribution >= 0.6 is 0 Å². The van der Waals surface area contributed by atoms with E-state index in [1.165, 1.54) is 29.2 Å². The van der Waals surface area contributed by atoms with Crippen molar-refractivity contribution in [2.45, 2.75) is 23.9 Å². The number of likely N-dealkylation sites (tertiary alicyclic amines) is 1. The van der Waals surface area contributed by atoms with Gasteiger partial charge in [-0.1, -0.05) is 29.4 Å². The quantitative estimate of drug-likeness (QED) is 0.439. The van der Waals surface area contributed by atoms with Crippen LogP contribution in [0.5, 0.6) is 0 Å². The normalized spacial score (nSPS) is 27.1. The van der Waals surface area contributed by atoms with Crippen LogP contribution in [0.15, 0.2) is 41.6 Å². The Hall–Kier alpha value is -2.96. The monoisotopic (exact) mass is 534 g/mol. The number of oxime groups is 1. The summed E-state index contributed by atoms with van der Waals surface area (Å²) in [5.74, 6) is -5.60. The molecule has 3 heterocycles. The van der Waals surface area contributed by atoms with Gasteiger partial charge in [0.1, 0.15) is 0 Å². The Kier molecular flexibility index (Phi) is 5.69. The summed E-state index contributed by atoms with van der Waals surface area (Å²) >= 11 is 0. The van der Waals surface area contributed by atoms with Gasteiger partial charge in [0, 0.05) is 34.3 Å². The van der Waals surface area contributed by atoms with Crippen molar-refractivity contribution in [2.24, 2.45) is 11.1 Å². The Balaban J connectivity index is 1.32. The SMILES string of the molecule is O=C(C1CS(=O)C1)N1CC(F)(c2ccc(C3=NOC(c4cc(F)c(F)c(F)c4)(C(F)(F)F)C3)cc2)C1. The minimum atomic E-state index is -5.16. The van der Waals surface area contributed by atoms with Gasteiger partial charge in [-0.2, -0.15) is 13.2 Å². The Morgan fingerprint density at radius 1 is 1.03 bits per heavy atom. The van der Waals surface area contributed by atoms with E-state index in [0.29, 0.717) is 0 Å². The van der Waals surface area contributed by atoms with E-state index in [2.05, 4.69) is 5.16 Å². The molecule has 2 saturated heterocycles. The first-order valence-electron chi connectivity index (χ1n) is 10.7. The smallest absolute Gasteiger partial charge is 0.374 e. The van der Waals surface area contributed by atoms with Gasteiger partial charge in [0.15, 0.2) is 23.1 Å². The molecule has 2 aromatic carbocycles. The highest BCUT2D eigenvalue weighted by molar-refractivity contribution is 7.86. The van der Waals surface area contributed by atoms with Crippen LogP contribution in [0.4, 0.5) is 30.7 Å². The van der Waals surface area contributed by atoms with E-state index in [1.807, 2.05) is 0 Å². The molecule has 0 aliphatic carbocycles. The second-order valence-electron chi connectivity index (χ2n) is 9.09. The van der Waals surface area contributed by atoms with E-state index < -0.39 is 57.7 Å². The molecule has 0 spiro atoms. The summed E-state index contributed by atoms with van der Waals surface area (Å²) in [4.78, 5) is 18.3. The average Bonchev–Trinajstić information content (AvgIpc) is 3.25. The van der Waals surface area contributed by atoms with E-state index in [4.69, 9.17) is 4.84 Å². The second-order valence-corrected chi connectivity index (χ2v) is 10.6. The number of alkyl halides is 4. The third-order valence-electron chi connectivity index (χ3n) is 6.69. The average molecular weight is 534 g/mol. The summed E-state index contributed by atoms with van der Waals surface area (Å²) in [6.07, 6.45) is -6.11. The van der Waals surface area contributed by atoms with E-state index in [1.54, 1.807) is 0 Å². The molecule has 0 N–H and O–H groups in total. The highest BCUT2D eigenvalue weighted by Crippen LogP contribution is 2.49. The zero-order valence-corrected chi connectivity index (χ0v) is 19.1. The Morgan fingerprint density at radius 3 is 2.14 bits per heavy atom. The Morgan fingerprint density at radius 2 is 1.61 bits per heavy atom. The van der Waals surface area contributed by atoms with Crippen molar-refractivity contribution in [1.29, 1.82) is 0 Å². The summed E-state index contributed by atoms with van der Waals surface area (Å²) in [6, 6.07) is 5.79. The number of rotatable bonds is 4. The largest absolute Gasteiger partial charge is 0.435 e. The van der Waals surface area contributed by atoms with Crippen molar-refractivity contribution in [3.63, 3.8) is 0 Å². The number of carbonyl (C=O) groups excluding carboxylic acids is 1. The lowest BCUT2D eigenvalue weighted by atomic mass is 9.84. The fourth-order valence-corrected chi connectivity index (χ4v) is 5.59. The highest BCUT2D eigenvalue weighted by atomic mass is 32.2. The predicted molar refractivity (Wildman–Crippen MR) is 113 cm³/mol. The van der Waals surface area contributed by atoms with Gasteiger partial charge in [0.2, 0.25) is 5.91 Å². The molecule has 0 bridgehead atoms. The number of nitrogens with zero attached hydrogens (tertiary/aromatic N) is 2. The molecule has 13 heteroatoms. The summed E-state index contributed by atoms with van der Waals surface area (Å²) in [5, 5.41) is 3.47. The van der Waals surface area contributed by atoms with E-state index >= 15 is 4.39 Å². The number of hydrogen-bond acceptors (Lipinski definition) is 4. The maximum Gasteiger partial charge on any atom is 0.435 e. The maximum absolute atomic E-state index is 15.3. The van der Waals surface area contributed by atoms with E-state index in [-0.39, 0.29) is 65.4 Å². The minimum absolute atomic E-state index is 0.153. The molecule has 1 unspecified atom stereocenters. The number of carbonyl (C=O) groups is 1. The lowest BCUT2D eigenvalue weighted by molar-refractivity contribution is -0.276. The van der Waals surface area contributed by atoms with Crippen LogP contribution in [0, 0.1) is 23.4 Å². The van der Waals surface area contributed by atoms with Gasteiger partial charge < -0.3 is 9.74 Å².